The van der Waals surface area contributed by atoms with Crippen LogP contribution in [-0.2, 0) is 14.3 Å². The smallest absolute Gasteiger partial charge is 0.302 e. The predicted octanol–water partition coefficient (Wildman–Crippen LogP) is 7.22. The van der Waals surface area contributed by atoms with E-state index in [0.29, 0.717) is 12.7 Å². The molecule has 3 nitrogen and oxygen atoms in total. The summed E-state index contributed by atoms with van der Waals surface area (Å²) in [7, 11) is -1.12. The van der Waals surface area contributed by atoms with Crippen molar-refractivity contribution in [2.75, 3.05) is 6.61 Å². The van der Waals surface area contributed by atoms with Crippen LogP contribution in [0.25, 0.3) is 0 Å². The Morgan fingerprint density at radius 2 is 1.55 bits per heavy atom. The fourth-order valence-corrected chi connectivity index (χ4v) is 5.24. The van der Waals surface area contributed by atoms with Gasteiger partial charge in [-0.2, -0.15) is 0 Å². The monoisotopic (exact) mass is 420 g/mol. The molecule has 0 bridgehead atoms. The average molecular weight is 421 g/mol. The Labute approximate surface area is 180 Å². The molecule has 166 valence electrons. The van der Waals surface area contributed by atoms with E-state index in [0.717, 1.165) is 32.1 Å². The highest BCUT2D eigenvalue weighted by Crippen LogP contribution is 2.39. The van der Waals surface area contributed by atoms with Crippen LogP contribution in [0, 0.1) is 0 Å². The minimum absolute atomic E-state index is 0.109. The molecule has 29 heavy (non-hydrogen) atoms. The van der Waals surface area contributed by atoms with Crippen molar-refractivity contribution in [1.82, 2.24) is 0 Å². The first-order valence-electron chi connectivity index (χ1n) is 11.2. The number of carbonyl (C=O) groups excluding carboxylic acids is 1. The lowest BCUT2D eigenvalue weighted by Crippen LogP contribution is -2.19. The van der Waals surface area contributed by atoms with E-state index in [-0.39, 0.29) is 11.6 Å². The standard InChI is InChI=1S/C25H44O3Si/c1-20(15-16-24-25(4,5)28-24)11-9-13-23(19-29(6,7)8)14-10-12-21(2)17-18-27-22(3)26/h11,14,17,24H,9-10,12-13,15-16,18-19H2,1-8H3/b20-11+,21-17+,23-14-. The Balaban J connectivity index is 2.46. The Bertz CT molecular complexity index is 620. The van der Waals surface area contributed by atoms with Gasteiger partial charge in [-0.15, -0.1) is 0 Å². The highest BCUT2D eigenvalue weighted by Gasteiger charge is 2.46. The highest BCUT2D eigenvalue weighted by atomic mass is 28.3. The fraction of sp³-hybridized carbons (Fsp3) is 0.720. The molecule has 1 aliphatic heterocycles. The molecule has 1 atom stereocenters. The van der Waals surface area contributed by atoms with E-state index >= 15 is 0 Å². The van der Waals surface area contributed by atoms with Gasteiger partial charge in [0.2, 0.25) is 0 Å². The second-order valence-electron chi connectivity index (χ2n) is 10.3. The first-order valence-corrected chi connectivity index (χ1v) is 14.9. The molecule has 0 aromatic heterocycles. The van der Waals surface area contributed by atoms with Crippen molar-refractivity contribution in [3.05, 3.63) is 34.9 Å². The number of hydrogen-bond acceptors (Lipinski definition) is 3. The van der Waals surface area contributed by atoms with Crippen LogP contribution >= 0.6 is 0 Å². The third kappa shape index (κ3) is 12.9. The third-order valence-corrected chi connectivity index (χ3v) is 6.89. The van der Waals surface area contributed by atoms with E-state index < -0.39 is 8.07 Å². The zero-order chi connectivity index (χ0) is 22.1. The molecular weight excluding hydrogens is 376 g/mol. The Morgan fingerprint density at radius 1 is 0.966 bits per heavy atom. The van der Waals surface area contributed by atoms with Crippen molar-refractivity contribution in [1.29, 1.82) is 0 Å². The van der Waals surface area contributed by atoms with Crippen molar-refractivity contribution in [3.8, 4) is 0 Å². The van der Waals surface area contributed by atoms with Crippen LogP contribution < -0.4 is 0 Å². The second kappa shape index (κ2) is 11.9. The van der Waals surface area contributed by atoms with Crippen LogP contribution in [0.2, 0.25) is 25.7 Å². The maximum atomic E-state index is 10.8. The first-order chi connectivity index (χ1) is 13.4. The lowest BCUT2D eigenvalue weighted by Gasteiger charge is -2.18. The van der Waals surface area contributed by atoms with Gasteiger partial charge >= 0.3 is 5.97 Å². The van der Waals surface area contributed by atoms with Crippen LogP contribution in [0.3, 0.4) is 0 Å². The second-order valence-corrected chi connectivity index (χ2v) is 15.8. The van der Waals surface area contributed by atoms with Gasteiger partial charge in [-0.05, 0) is 78.3 Å². The lowest BCUT2D eigenvalue weighted by molar-refractivity contribution is -0.139. The summed E-state index contributed by atoms with van der Waals surface area (Å²) in [6.07, 6.45) is 14.1. The molecule has 1 rings (SSSR count). The van der Waals surface area contributed by atoms with Gasteiger partial charge in [0.15, 0.2) is 0 Å². The number of ether oxygens (including phenoxy) is 2. The number of rotatable bonds is 13. The zero-order valence-corrected chi connectivity index (χ0v) is 21.2. The van der Waals surface area contributed by atoms with E-state index in [2.05, 4.69) is 59.5 Å². The summed E-state index contributed by atoms with van der Waals surface area (Å²) in [4.78, 5) is 10.8. The molecule has 0 N–H and O–H groups in total. The lowest BCUT2D eigenvalue weighted by atomic mass is 10.0. The molecule has 0 radical (unpaired) electrons. The molecule has 0 aromatic rings. The fourth-order valence-electron chi connectivity index (χ4n) is 3.56. The van der Waals surface area contributed by atoms with Crippen molar-refractivity contribution in [2.24, 2.45) is 0 Å². The largest absolute Gasteiger partial charge is 0.462 e. The van der Waals surface area contributed by atoms with Gasteiger partial charge in [-0.1, -0.05) is 48.5 Å². The Kier molecular flexibility index (Phi) is 10.6. The SMILES string of the molecule is CC(=O)OC/C=C(\C)CC/C=C(/CC/C=C(\C)CCC1OC1(C)C)C[Si](C)(C)C. The maximum absolute atomic E-state index is 10.8. The molecular formula is C25H44O3Si. The zero-order valence-electron chi connectivity index (χ0n) is 20.2. The molecule has 0 aliphatic carbocycles. The van der Waals surface area contributed by atoms with E-state index in [9.17, 15) is 4.79 Å². The molecule has 1 heterocycles. The number of esters is 1. The molecule has 0 saturated carbocycles. The summed E-state index contributed by atoms with van der Waals surface area (Å²) < 4.78 is 10.7. The van der Waals surface area contributed by atoms with Crippen molar-refractivity contribution in [2.45, 2.75) is 111 Å². The average Bonchev–Trinajstić information content (AvgIpc) is 3.18. The van der Waals surface area contributed by atoms with Gasteiger partial charge in [0.25, 0.3) is 0 Å². The van der Waals surface area contributed by atoms with Crippen molar-refractivity contribution in [3.63, 3.8) is 0 Å². The number of allylic oxidation sites excluding steroid dienone is 5. The minimum atomic E-state index is -1.12. The van der Waals surface area contributed by atoms with E-state index in [1.54, 1.807) is 5.57 Å². The summed E-state index contributed by atoms with van der Waals surface area (Å²) >= 11 is 0. The van der Waals surface area contributed by atoms with Gasteiger partial charge < -0.3 is 9.47 Å². The normalized spacial score (nSPS) is 20.0. The van der Waals surface area contributed by atoms with Gasteiger partial charge in [-0.3, -0.25) is 4.79 Å². The minimum Gasteiger partial charge on any atom is -0.462 e. The van der Waals surface area contributed by atoms with Crippen LogP contribution in [0.15, 0.2) is 34.9 Å². The van der Waals surface area contributed by atoms with Crippen LogP contribution in [0.4, 0.5) is 0 Å². The molecule has 4 heteroatoms. The molecule has 1 fully saturated rings. The van der Waals surface area contributed by atoms with Gasteiger partial charge in [0.05, 0.1) is 11.7 Å². The molecule has 1 aliphatic rings. The number of epoxide rings is 1. The molecule has 0 aromatic carbocycles. The quantitative estimate of drug-likeness (QED) is 0.137. The van der Waals surface area contributed by atoms with E-state index in [4.69, 9.17) is 9.47 Å². The number of hydrogen-bond donors (Lipinski definition) is 0. The summed E-state index contributed by atoms with van der Waals surface area (Å²) in [5.41, 5.74) is 4.51. The molecule has 0 amide bonds. The summed E-state index contributed by atoms with van der Waals surface area (Å²) in [5.74, 6) is -0.219. The van der Waals surface area contributed by atoms with Crippen molar-refractivity contribution < 1.29 is 14.3 Å². The predicted molar refractivity (Wildman–Crippen MR) is 127 cm³/mol. The van der Waals surface area contributed by atoms with Crippen LogP contribution in [-0.4, -0.2) is 32.4 Å². The van der Waals surface area contributed by atoms with Gasteiger partial charge in [0.1, 0.15) is 6.61 Å². The number of carbonyl (C=O) groups is 1. The molecule has 0 spiro atoms. The third-order valence-electron chi connectivity index (χ3n) is 5.37. The van der Waals surface area contributed by atoms with Crippen molar-refractivity contribution >= 4 is 14.0 Å². The molecule has 1 saturated heterocycles. The topological polar surface area (TPSA) is 38.8 Å². The van der Waals surface area contributed by atoms with E-state index in [1.165, 1.54) is 30.5 Å². The Morgan fingerprint density at radius 3 is 2.10 bits per heavy atom. The summed E-state index contributed by atoms with van der Waals surface area (Å²) in [5, 5.41) is 0. The Hall–Kier alpha value is -1.13. The first kappa shape index (κ1) is 25.9. The van der Waals surface area contributed by atoms with Gasteiger partial charge in [0, 0.05) is 15.0 Å². The van der Waals surface area contributed by atoms with Crippen LogP contribution in [0.5, 0.6) is 0 Å². The summed E-state index contributed by atoms with van der Waals surface area (Å²) in [6, 6.07) is 1.28. The maximum Gasteiger partial charge on any atom is 0.302 e. The van der Waals surface area contributed by atoms with E-state index in [1.807, 2.05) is 6.08 Å². The highest BCUT2D eigenvalue weighted by molar-refractivity contribution is 6.76. The van der Waals surface area contributed by atoms with Gasteiger partial charge in [-0.25, -0.2) is 0 Å². The summed E-state index contributed by atoms with van der Waals surface area (Å²) in [6.45, 7) is 17.9. The molecule has 1 unspecified atom stereocenters. The van der Waals surface area contributed by atoms with Crippen LogP contribution in [0.1, 0.15) is 73.1 Å².